The average Bonchev–Trinajstić information content (AvgIpc) is 4.08. The van der Waals surface area contributed by atoms with Gasteiger partial charge in [-0.2, -0.15) is 39.5 Å². The molecule has 0 saturated carbocycles. The minimum absolute atomic E-state index is 0. The smallest absolute Gasteiger partial charge is 0.481 e. The Morgan fingerprint density at radius 1 is 0.383 bits per heavy atom. The number of aliphatic carboxylic acids is 1. The van der Waals surface area contributed by atoms with Crippen molar-refractivity contribution in [1.82, 2.24) is 12.9 Å². The van der Waals surface area contributed by atoms with Crippen LogP contribution in [0.5, 0.6) is 0 Å². The molecule has 31 heteroatoms. The van der Waals surface area contributed by atoms with Gasteiger partial charge in [0.05, 0.1) is 0 Å². The number of benzene rings is 6. The second-order valence-corrected chi connectivity index (χ2v) is 22.0. The Balaban J connectivity index is 0.000000250. The summed E-state index contributed by atoms with van der Waals surface area (Å²) >= 11 is 0. The maximum absolute atomic E-state index is 13.1. The quantitative estimate of drug-likeness (QED) is 0.105. The standard InChI is InChI=1S/3C16H13F3N2O3S.C2H4O2.2Rh/c3*17-16(18,19)25(23,24)21-14(12-9-5-2-6-10-12)13(20-15(21)22)11-7-3-1-4-8-11;1-2(3)4;;/h3*1-10,13-14H,(H,20,22);1H3,(H,3,4);;/q;;;;;+2/p-3/t3*13-,14-;;;/m111.../s1. The van der Waals surface area contributed by atoms with Gasteiger partial charge < -0.3 is 34.0 Å². The van der Waals surface area contributed by atoms with E-state index < -0.39 is 107 Å². The van der Waals surface area contributed by atoms with Crippen LogP contribution in [0.1, 0.15) is 76.6 Å². The number of amides is 6. The number of carboxylic acid groups (broad SMARTS) is 1. The Morgan fingerprint density at radius 2 is 0.531 bits per heavy atom. The van der Waals surface area contributed by atoms with E-state index in [4.69, 9.17) is 9.90 Å². The zero-order valence-corrected chi connectivity index (χ0v) is 46.5. The zero-order valence-electron chi connectivity index (χ0n) is 40.8. The van der Waals surface area contributed by atoms with E-state index in [2.05, 4.69) is 16.0 Å². The maximum Gasteiger partial charge on any atom is 2.00 e. The largest absolute Gasteiger partial charge is 2.00 e. The molecule has 3 heterocycles. The second kappa shape index (κ2) is 26.8. The molecule has 6 atom stereocenters. The molecule has 0 aliphatic carbocycles. The molecule has 1 N–H and O–H groups in total. The maximum atomic E-state index is 13.1. The molecule has 3 saturated heterocycles. The van der Waals surface area contributed by atoms with Crippen molar-refractivity contribution in [3.8, 4) is 0 Å². The summed E-state index contributed by atoms with van der Waals surface area (Å²) in [5.41, 5.74) is -14.7. The van der Waals surface area contributed by atoms with Crippen molar-refractivity contribution in [3.05, 3.63) is 231 Å². The van der Waals surface area contributed by atoms with Crippen LogP contribution in [0.25, 0.3) is 16.0 Å². The van der Waals surface area contributed by atoms with Gasteiger partial charge >= 0.3 is 36.0 Å². The Labute approximate surface area is 483 Å². The Hall–Kier alpha value is -6.93. The van der Waals surface area contributed by atoms with E-state index >= 15 is 0 Å². The third-order valence-corrected chi connectivity index (χ3v) is 15.9. The molecule has 81 heavy (non-hydrogen) atoms. The van der Waals surface area contributed by atoms with Gasteiger partial charge in [-0.1, -0.05) is 182 Å². The molecular formula is C50H40F9N6O11Rh2S3-. The van der Waals surface area contributed by atoms with Gasteiger partial charge in [-0.05, 0) is 51.5 Å². The number of alkyl halides is 9. The van der Waals surface area contributed by atoms with Gasteiger partial charge in [0.25, 0.3) is 36.0 Å². The number of carbonyl (C=O) groups is 4. The van der Waals surface area contributed by atoms with Gasteiger partial charge in [-0.15, -0.1) is 0 Å². The molecule has 17 nitrogen and oxygen atoms in total. The summed E-state index contributed by atoms with van der Waals surface area (Å²) in [5.74, 6) is -0.833. The molecule has 6 aromatic rings. The van der Waals surface area contributed by atoms with E-state index in [-0.39, 0.29) is 68.6 Å². The number of hydrogen-bond donors (Lipinski definition) is 1. The molecule has 436 valence electrons. The van der Waals surface area contributed by atoms with Gasteiger partial charge in [-0.3, -0.25) is 19.2 Å². The third kappa shape index (κ3) is 14.8. The normalized spacial score (nSPS) is 20.0. The topological polar surface area (TPSA) is 243 Å². The van der Waals surface area contributed by atoms with Crippen LogP contribution < -0.4 is 0 Å². The molecule has 6 amide bonds. The fraction of sp³-hybridized carbons (Fsp3) is 0.200. The van der Waals surface area contributed by atoms with Crippen LogP contribution in [0.4, 0.5) is 53.9 Å². The summed E-state index contributed by atoms with van der Waals surface area (Å²) in [7, 11) is -17.6. The molecular weight excluding hydrogens is 1330 g/mol. The Morgan fingerprint density at radius 3 is 0.679 bits per heavy atom. The van der Waals surface area contributed by atoms with Crippen molar-refractivity contribution in [2.45, 2.75) is 59.7 Å². The SMILES string of the molecule is CC(=O)O.O=C1[N-][C@H](c2ccccc2)[C@@H](c2ccccc2)N1S(=O)(=O)C(F)(F)F.O=C1[N-][C@H](c2ccccc2)[C@@H](c2ccccc2)N1S(=O)(=O)C(F)(F)F.O=C1[N-][C@H](c2ccccc2)[C@@H](c2ccccc2)N1S(=O)(=O)C(F)(F)F.[Rh+2].[Rh]. The van der Waals surface area contributed by atoms with Crippen LogP contribution in [-0.2, 0) is 73.8 Å². The molecule has 2 radical (unpaired) electrons. The molecule has 0 bridgehead atoms. The van der Waals surface area contributed by atoms with Crippen LogP contribution in [0.2, 0.25) is 0 Å². The van der Waals surface area contributed by atoms with Crippen molar-refractivity contribution in [3.63, 3.8) is 0 Å². The van der Waals surface area contributed by atoms with Gasteiger partial charge in [0.15, 0.2) is 18.1 Å². The fourth-order valence-corrected chi connectivity index (χ4v) is 11.2. The molecule has 3 aliphatic heterocycles. The minimum atomic E-state index is -5.87. The molecule has 3 fully saturated rings. The van der Waals surface area contributed by atoms with Crippen LogP contribution in [0.3, 0.4) is 0 Å². The van der Waals surface area contributed by atoms with Crippen molar-refractivity contribution in [1.29, 1.82) is 0 Å². The average molecular weight is 1370 g/mol. The number of rotatable bonds is 9. The van der Waals surface area contributed by atoms with Gasteiger partial charge in [-0.25, -0.2) is 25.3 Å². The first-order valence-electron chi connectivity index (χ1n) is 22.5. The summed E-state index contributed by atoms with van der Waals surface area (Å²) in [5, 5.41) is 18.5. The number of sulfonamides is 3. The minimum Gasteiger partial charge on any atom is -0.481 e. The van der Waals surface area contributed by atoms with Crippen LogP contribution in [-0.4, -0.2) is 83.9 Å². The van der Waals surface area contributed by atoms with Crippen LogP contribution in [0, 0.1) is 0 Å². The second-order valence-electron chi connectivity index (χ2n) is 16.6. The number of carbonyl (C=O) groups excluding carboxylic acids is 3. The first-order chi connectivity index (χ1) is 36.9. The van der Waals surface area contributed by atoms with Gasteiger partial charge in [0.1, 0.15) is 0 Å². The van der Waals surface area contributed by atoms with E-state index in [0.717, 1.165) is 6.92 Å². The number of halogens is 9. The number of hydrogen-bond acceptors (Lipinski definition) is 10. The summed E-state index contributed by atoms with van der Waals surface area (Å²) in [4.78, 5) is 45.3. The number of carboxylic acids is 1. The molecule has 0 aromatic heterocycles. The van der Waals surface area contributed by atoms with Crippen molar-refractivity contribution < 1.29 is 128 Å². The Bertz CT molecular complexity index is 3090. The van der Waals surface area contributed by atoms with E-state index in [1.807, 2.05) is 0 Å². The number of urea groups is 3. The summed E-state index contributed by atoms with van der Waals surface area (Å²) in [6.45, 7) is 1.08. The van der Waals surface area contributed by atoms with Crippen molar-refractivity contribution in [2.24, 2.45) is 0 Å². The monoisotopic (exact) mass is 1370 g/mol. The Kier molecular flexibility index (Phi) is 22.0. The van der Waals surface area contributed by atoms with Gasteiger partial charge in [0, 0.05) is 44.5 Å². The van der Waals surface area contributed by atoms with E-state index in [1.54, 1.807) is 146 Å². The number of nitrogens with zero attached hydrogens (tertiary/aromatic N) is 6. The molecule has 9 rings (SSSR count). The van der Waals surface area contributed by atoms with Gasteiger partial charge in [0.2, 0.25) is 0 Å². The summed E-state index contributed by atoms with van der Waals surface area (Å²) in [6.07, 6.45) is 0. The van der Waals surface area contributed by atoms with E-state index in [1.165, 1.54) is 36.4 Å². The van der Waals surface area contributed by atoms with E-state index in [0.29, 0.717) is 16.7 Å². The van der Waals surface area contributed by atoms with Crippen LogP contribution in [0.15, 0.2) is 182 Å². The van der Waals surface area contributed by atoms with Crippen LogP contribution >= 0.6 is 0 Å². The summed E-state index contributed by atoms with van der Waals surface area (Å²) in [6, 6.07) is 35.8. The predicted octanol–water partition coefficient (Wildman–Crippen LogP) is 12.5. The predicted molar refractivity (Wildman–Crippen MR) is 265 cm³/mol. The first-order valence-corrected chi connectivity index (χ1v) is 26.8. The molecule has 6 aromatic carbocycles. The molecule has 0 spiro atoms. The molecule has 0 unspecified atom stereocenters. The zero-order chi connectivity index (χ0) is 58.3. The fourth-order valence-electron chi connectivity index (χ4n) is 8.20. The first kappa shape index (κ1) is 66.6. The van der Waals surface area contributed by atoms with Crippen molar-refractivity contribution >= 4 is 54.1 Å². The van der Waals surface area contributed by atoms with E-state index in [9.17, 15) is 79.2 Å². The molecule has 3 aliphatic rings. The third-order valence-electron chi connectivity index (χ3n) is 11.5. The van der Waals surface area contributed by atoms with Crippen molar-refractivity contribution in [2.75, 3.05) is 0 Å². The summed E-state index contributed by atoms with van der Waals surface area (Å²) < 4.78 is 189.